The Bertz CT molecular complexity index is 644. The third-order valence-electron chi connectivity index (χ3n) is 2.43. The second-order valence-electron chi connectivity index (χ2n) is 3.94. The van der Waals surface area contributed by atoms with E-state index in [4.69, 9.17) is 5.11 Å². The van der Waals surface area contributed by atoms with Crippen LogP contribution in [0.25, 0.3) is 0 Å². The van der Waals surface area contributed by atoms with Crippen LogP contribution in [0.5, 0.6) is 0 Å². The second-order valence-corrected chi connectivity index (χ2v) is 5.66. The number of hydrogen-bond donors (Lipinski definition) is 3. The van der Waals surface area contributed by atoms with Gasteiger partial charge in [-0.2, -0.15) is 4.72 Å². The van der Waals surface area contributed by atoms with Crippen LogP contribution in [-0.2, 0) is 14.8 Å². The molecule has 0 bridgehead atoms. The Morgan fingerprint density at radius 1 is 1.45 bits per heavy atom. The van der Waals surface area contributed by atoms with Gasteiger partial charge in [0, 0.05) is 12.6 Å². The van der Waals surface area contributed by atoms with Gasteiger partial charge in [0.2, 0.25) is 15.9 Å². The minimum atomic E-state index is -3.80. The molecule has 0 saturated carbocycles. The first-order valence-corrected chi connectivity index (χ1v) is 7.32. The number of amides is 1. The first-order valence-electron chi connectivity index (χ1n) is 5.84. The number of likely N-dealkylation sites (N-methyl/N-ethyl adjacent to an activating group) is 1. The van der Waals surface area contributed by atoms with Crippen molar-refractivity contribution in [2.75, 3.05) is 13.7 Å². The van der Waals surface area contributed by atoms with Gasteiger partial charge in [-0.15, -0.1) is 0 Å². The lowest BCUT2D eigenvalue weighted by molar-refractivity contribution is -0.121. The molecule has 0 saturated heterocycles. The van der Waals surface area contributed by atoms with Crippen molar-refractivity contribution >= 4 is 15.9 Å². The summed E-state index contributed by atoms with van der Waals surface area (Å²) in [5, 5.41) is 11.0. The number of sulfonamides is 1. The fourth-order valence-corrected chi connectivity index (χ4v) is 2.70. The SMILES string of the molecule is CNC(=O)C(C)NS(=O)(=O)c1cccc(C#CCO)c1. The van der Waals surface area contributed by atoms with Crippen molar-refractivity contribution in [3.63, 3.8) is 0 Å². The van der Waals surface area contributed by atoms with Gasteiger partial charge in [0.05, 0.1) is 10.9 Å². The minimum absolute atomic E-state index is 0.0120. The highest BCUT2D eigenvalue weighted by atomic mass is 32.2. The first kappa shape index (κ1) is 16.2. The Kier molecular flexibility index (Phi) is 5.70. The number of carbonyl (C=O) groups excluding carboxylic acids is 1. The fraction of sp³-hybridized carbons (Fsp3) is 0.308. The van der Waals surface area contributed by atoms with E-state index < -0.39 is 22.0 Å². The van der Waals surface area contributed by atoms with Crippen LogP contribution in [0.3, 0.4) is 0 Å². The predicted octanol–water partition coefficient (Wildman–Crippen LogP) is -0.557. The molecule has 0 aliphatic rings. The Labute approximate surface area is 118 Å². The van der Waals surface area contributed by atoms with Crippen LogP contribution in [0.15, 0.2) is 29.2 Å². The van der Waals surface area contributed by atoms with Crippen molar-refractivity contribution < 1.29 is 18.3 Å². The second kappa shape index (κ2) is 7.05. The van der Waals surface area contributed by atoms with Crippen LogP contribution < -0.4 is 10.0 Å². The zero-order valence-corrected chi connectivity index (χ0v) is 12.0. The molecule has 0 radical (unpaired) electrons. The molecule has 7 heteroatoms. The van der Waals surface area contributed by atoms with Gasteiger partial charge in [0.15, 0.2) is 0 Å². The van der Waals surface area contributed by atoms with Crippen molar-refractivity contribution in [2.45, 2.75) is 17.9 Å². The lowest BCUT2D eigenvalue weighted by Gasteiger charge is -2.12. The molecule has 0 aliphatic carbocycles. The molecule has 1 atom stereocenters. The quantitative estimate of drug-likeness (QED) is 0.649. The highest BCUT2D eigenvalue weighted by Crippen LogP contribution is 2.11. The molecule has 6 nitrogen and oxygen atoms in total. The zero-order valence-electron chi connectivity index (χ0n) is 11.2. The smallest absolute Gasteiger partial charge is 0.241 e. The van der Waals surface area contributed by atoms with Gasteiger partial charge in [-0.1, -0.05) is 17.9 Å². The maximum atomic E-state index is 12.1. The van der Waals surface area contributed by atoms with E-state index in [-0.39, 0.29) is 11.5 Å². The number of nitrogens with one attached hydrogen (secondary N) is 2. The maximum Gasteiger partial charge on any atom is 0.241 e. The summed E-state index contributed by atoms with van der Waals surface area (Å²) in [4.78, 5) is 11.4. The summed E-state index contributed by atoms with van der Waals surface area (Å²) in [5.74, 6) is 4.63. The standard InChI is InChI=1S/C13H16N2O4S/c1-10(13(17)14-2)15-20(18,19)12-7-3-5-11(9-12)6-4-8-16/h3,5,7,9-10,15-16H,8H2,1-2H3,(H,14,17). The molecule has 0 aromatic heterocycles. The van der Waals surface area contributed by atoms with Gasteiger partial charge >= 0.3 is 0 Å². The normalized spacial score (nSPS) is 12.2. The average molecular weight is 296 g/mol. The minimum Gasteiger partial charge on any atom is -0.384 e. The predicted molar refractivity (Wildman–Crippen MR) is 74.3 cm³/mol. The van der Waals surface area contributed by atoms with E-state index in [0.717, 1.165) is 0 Å². The average Bonchev–Trinajstić information content (AvgIpc) is 2.44. The van der Waals surface area contributed by atoms with Crippen molar-refractivity contribution in [1.82, 2.24) is 10.0 Å². The molecular formula is C13H16N2O4S. The Morgan fingerprint density at radius 2 is 2.15 bits per heavy atom. The number of aliphatic hydroxyl groups is 1. The number of benzene rings is 1. The van der Waals surface area contributed by atoms with E-state index in [0.29, 0.717) is 5.56 Å². The molecule has 1 unspecified atom stereocenters. The molecule has 0 aliphatic heterocycles. The van der Waals surface area contributed by atoms with Crippen LogP contribution in [0.2, 0.25) is 0 Å². The van der Waals surface area contributed by atoms with E-state index in [9.17, 15) is 13.2 Å². The number of rotatable bonds is 4. The summed E-state index contributed by atoms with van der Waals surface area (Å²) in [6.45, 7) is 1.15. The van der Waals surface area contributed by atoms with Gasteiger partial charge in [-0.3, -0.25) is 4.79 Å². The largest absolute Gasteiger partial charge is 0.384 e. The molecule has 1 rings (SSSR count). The maximum absolute atomic E-state index is 12.1. The van der Waals surface area contributed by atoms with Crippen LogP contribution in [0.1, 0.15) is 12.5 Å². The summed E-state index contributed by atoms with van der Waals surface area (Å²) < 4.78 is 26.5. The molecular weight excluding hydrogens is 280 g/mol. The third-order valence-corrected chi connectivity index (χ3v) is 3.97. The van der Waals surface area contributed by atoms with Gasteiger partial charge < -0.3 is 10.4 Å². The van der Waals surface area contributed by atoms with Gasteiger partial charge in [-0.05, 0) is 25.1 Å². The van der Waals surface area contributed by atoms with Crippen LogP contribution in [0, 0.1) is 11.8 Å². The summed E-state index contributed by atoms with van der Waals surface area (Å²) in [6, 6.07) is 5.08. The van der Waals surface area contributed by atoms with Crippen LogP contribution in [-0.4, -0.2) is 39.1 Å². The lowest BCUT2D eigenvalue weighted by atomic mass is 10.2. The van der Waals surface area contributed by atoms with Crippen molar-refractivity contribution in [3.8, 4) is 11.8 Å². The molecule has 108 valence electrons. The first-order chi connectivity index (χ1) is 9.40. The molecule has 1 amide bonds. The topological polar surface area (TPSA) is 95.5 Å². The van der Waals surface area contributed by atoms with Crippen molar-refractivity contribution in [2.24, 2.45) is 0 Å². The highest BCUT2D eigenvalue weighted by Gasteiger charge is 2.21. The summed E-state index contributed by atoms with van der Waals surface area (Å²) in [7, 11) is -2.37. The molecule has 0 spiro atoms. The van der Waals surface area contributed by atoms with E-state index >= 15 is 0 Å². The van der Waals surface area contributed by atoms with Crippen LogP contribution >= 0.6 is 0 Å². The van der Waals surface area contributed by atoms with E-state index in [1.165, 1.54) is 26.1 Å². The summed E-state index contributed by atoms with van der Waals surface area (Å²) >= 11 is 0. The Hall–Kier alpha value is -1.88. The highest BCUT2D eigenvalue weighted by molar-refractivity contribution is 7.89. The monoisotopic (exact) mass is 296 g/mol. The lowest BCUT2D eigenvalue weighted by Crippen LogP contribution is -2.43. The van der Waals surface area contributed by atoms with Gasteiger partial charge in [0.1, 0.15) is 6.61 Å². The molecule has 1 aromatic carbocycles. The third kappa shape index (κ3) is 4.35. The Morgan fingerprint density at radius 3 is 2.75 bits per heavy atom. The van der Waals surface area contributed by atoms with E-state index in [1.807, 2.05) is 0 Å². The fourth-order valence-electron chi connectivity index (χ4n) is 1.45. The van der Waals surface area contributed by atoms with E-state index in [1.54, 1.807) is 12.1 Å². The molecule has 1 aromatic rings. The molecule has 20 heavy (non-hydrogen) atoms. The Balaban J connectivity index is 3.01. The molecule has 0 heterocycles. The summed E-state index contributed by atoms with van der Waals surface area (Å²) in [5.41, 5.74) is 0.467. The number of aliphatic hydroxyl groups excluding tert-OH is 1. The van der Waals surface area contributed by atoms with Crippen molar-refractivity contribution in [3.05, 3.63) is 29.8 Å². The molecule has 0 fully saturated rings. The van der Waals surface area contributed by atoms with Gasteiger partial charge in [-0.25, -0.2) is 8.42 Å². The van der Waals surface area contributed by atoms with E-state index in [2.05, 4.69) is 21.9 Å². The number of carbonyl (C=O) groups is 1. The van der Waals surface area contributed by atoms with Crippen LogP contribution in [0.4, 0.5) is 0 Å². The van der Waals surface area contributed by atoms with Crippen molar-refractivity contribution in [1.29, 1.82) is 0 Å². The molecule has 3 N–H and O–H groups in total. The summed E-state index contributed by atoms with van der Waals surface area (Å²) in [6.07, 6.45) is 0. The van der Waals surface area contributed by atoms with Gasteiger partial charge in [0.25, 0.3) is 0 Å². The number of hydrogen-bond acceptors (Lipinski definition) is 4. The zero-order chi connectivity index (χ0) is 15.2.